The molecule has 1 heterocycles. The standard InChI is InChI=1S/C22H22N2O3/c1-16-10-12-17(13-11-16)15-24-14-5-4-9-20(24)23-22(25)18-7-6-8-19(26-2)21(18)27-3/h4-14H,15H2,1-3H3. The maximum atomic E-state index is 12.8. The van der Waals surface area contributed by atoms with Crippen LogP contribution in [0.5, 0.6) is 11.5 Å². The molecule has 2 aromatic carbocycles. The zero-order valence-electron chi connectivity index (χ0n) is 15.7. The number of ether oxygens (including phenoxy) is 2. The van der Waals surface area contributed by atoms with Gasteiger partial charge in [-0.1, -0.05) is 42.0 Å². The highest BCUT2D eigenvalue weighted by Crippen LogP contribution is 2.30. The van der Waals surface area contributed by atoms with Crippen molar-refractivity contribution in [3.63, 3.8) is 0 Å². The topological polar surface area (TPSA) is 52.8 Å². The molecule has 0 spiro atoms. The maximum absolute atomic E-state index is 12.8. The van der Waals surface area contributed by atoms with Gasteiger partial charge in [-0.25, -0.2) is 0 Å². The van der Waals surface area contributed by atoms with Gasteiger partial charge in [0.15, 0.2) is 11.5 Å². The molecule has 1 amide bonds. The van der Waals surface area contributed by atoms with Gasteiger partial charge in [-0.15, -0.1) is 0 Å². The van der Waals surface area contributed by atoms with Gasteiger partial charge in [0.05, 0.1) is 19.8 Å². The second-order valence-electron chi connectivity index (χ2n) is 6.13. The van der Waals surface area contributed by atoms with Gasteiger partial charge in [0.25, 0.3) is 5.91 Å². The summed E-state index contributed by atoms with van der Waals surface area (Å²) in [5.41, 5.74) is 3.29. The molecule has 0 aliphatic carbocycles. The Kier molecular flexibility index (Phi) is 5.71. The van der Waals surface area contributed by atoms with Gasteiger partial charge in [-0.3, -0.25) is 4.79 Å². The lowest BCUT2D eigenvalue weighted by atomic mass is 10.1. The lowest BCUT2D eigenvalue weighted by molar-refractivity contribution is 0.0993. The van der Waals surface area contributed by atoms with Crippen LogP contribution in [0.1, 0.15) is 21.5 Å². The van der Waals surface area contributed by atoms with E-state index in [1.165, 1.54) is 19.8 Å². The van der Waals surface area contributed by atoms with Crippen LogP contribution in [0.25, 0.3) is 0 Å². The summed E-state index contributed by atoms with van der Waals surface area (Å²) in [6.07, 6.45) is 1.91. The van der Waals surface area contributed by atoms with E-state index in [4.69, 9.17) is 9.47 Å². The molecule has 0 radical (unpaired) electrons. The van der Waals surface area contributed by atoms with E-state index in [0.717, 1.165) is 5.56 Å². The SMILES string of the molecule is COc1cccc(C(=O)N=c2ccccn2Cc2ccc(C)cc2)c1OC. The van der Waals surface area contributed by atoms with Crippen molar-refractivity contribution < 1.29 is 14.3 Å². The second kappa shape index (κ2) is 8.36. The number of aromatic nitrogens is 1. The van der Waals surface area contributed by atoms with E-state index in [-0.39, 0.29) is 5.91 Å². The Morgan fingerprint density at radius 1 is 0.963 bits per heavy atom. The molecule has 0 aliphatic heterocycles. The van der Waals surface area contributed by atoms with E-state index in [1.54, 1.807) is 18.2 Å². The average molecular weight is 362 g/mol. The van der Waals surface area contributed by atoms with Crippen molar-refractivity contribution in [3.8, 4) is 11.5 Å². The van der Waals surface area contributed by atoms with Crippen molar-refractivity contribution in [2.45, 2.75) is 13.5 Å². The minimum Gasteiger partial charge on any atom is -0.493 e. The first kappa shape index (κ1) is 18.5. The number of rotatable bonds is 5. The van der Waals surface area contributed by atoms with Crippen LogP contribution < -0.4 is 15.0 Å². The summed E-state index contributed by atoms with van der Waals surface area (Å²) >= 11 is 0. The Morgan fingerprint density at radius 2 is 1.74 bits per heavy atom. The van der Waals surface area contributed by atoms with Crippen LogP contribution in [0.15, 0.2) is 71.9 Å². The lowest BCUT2D eigenvalue weighted by Crippen LogP contribution is -2.22. The molecule has 0 aliphatic rings. The fourth-order valence-electron chi connectivity index (χ4n) is 2.81. The number of amides is 1. The third kappa shape index (κ3) is 4.26. The van der Waals surface area contributed by atoms with Crippen molar-refractivity contribution >= 4 is 5.91 Å². The van der Waals surface area contributed by atoms with Crippen molar-refractivity contribution in [2.24, 2.45) is 4.99 Å². The first-order chi connectivity index (χ1) is 13.1. The molecule has 0 fully saturated rings. The van der Waals surface area contributed by atoms with Gasteiger partial charge in [-0.05, 0) is 36.8 Å². The first-order valence-corrected chi connectivity index (χ1v) is 8.63. The van der Waals surface area contributed by atoms with Gasteiger partial charge >= 0.3 is 0 Å². The quantitative estimate of drug-likeness (QED) is 0.697. The Hall–Kier alpha value is -3.34. The average Bonchev–Trinajstić information content (AvgIpc) is 2.70. The fraction of sp³-hybridized carbons (Fsp3) is 0.182. The highest BCUT2D eigenvalue weighted by atomic mass is 16.5. The number of hydrogen-bond acceptors (Lipinski definition) is 3. The van der Waals surface area contributed by atoms with Crippen LogP contribution in [-0.2, 0) is 6.54 Å². The third-order valence-electron chi connectivity index (χ3n) is 4.24. The summed E-state index contributed by atoms with van der Waals surface area (Å²) < 4.78 is 12.6. The largest absolute Gasteiger partial charge is 0.493 e. The van der Waals surface area contributed by atoms with Gasteiger partial charge in [0.1, 0.15) is 5.49 Å². The molecule has 0 saturated heterocycles. The predicted molar refractivity (Wildman–Crippen MR) is 104 cm³/mol. The molecule has 5 heteroatoms. The fourth-order valence-corrected chi connectivity index (χ4v) is 2.81. The van der Waals surface area contributed by atoms with Crippen LogP contribution in [0.4, 0.5) is 0 Å². The summed E-state index contributed by atoms with van der Waals surface area (Å²) in [6, 6.07) is 19.1. The van der Waals surface area contributed by atoms with Crippen LogP contribution in [0.3, 0.4) is 0 Å². The molecule has 3 aromatic rings. The number of methoxy groups -OCH3 is 2. The predicted octanol–water partition coefficient (Wildman–Crippen LogP) is 3.60. The van der Waals surface area contributed by atoms with E-state index in [9.17, 15) is 4.79 Å². The summed E-state index contributed by atoms with van der Waals surface area (Å²) in [4.78, 5) is 17.1. The molecule has 27 heavy (non-hydrogen) atoms. The summed E-state index contributed by atoms with van der Waals surface area (Å²) in [5.74, 6) is 0.503. The molecule has 0 N–H and O–H groups in total. The molecule has 138 valence electrons. The van der Waals surface area contributed by atoms with Crippen LogP contribution in [0.2, 0.25) is 0 Å². The van der Waals surface area contributed by atoms with E-state index in [1.807, 2.05) is 29.0 Å². The smallest absolute Gasteiger partial charge is 0.282 e. The number of nitrogens with zero attached hydrogens (tertiary/aromatic N) is 2. The number of carbonyl (C=O) groups is 1. The molecule has 5 nitrogen and oxygen atoms in total. The Balaban J connectivity index is 1.98. The number of pyridine rings is 1. The number of carbonyl (C=O) groups excluding carboxylic acids is 1. The number of benzene rings is 2. The minimum atomic E-state index is -0.380. The number of hydrogen-bond donors (Lipinski definition) is 0. The van der Waals surface area contributed by atoms with Crippen LogP contribution in [0, 0.1) is 6.92 Å². The molecular weight excluding hydrogens is 340 g/mol. The van der Waals surface area contributed by atoms with E-state index < -0.39 is 0 Å². The van der Waals surface area contributed by atoms with Gasteiger partial charge < -0.3 is 14.0 Å². The van der Waals surface area contributed by atoms with Gasteiger partial charge in [0, 0.05) is 12.7 Å². The Bertz CT molecular complexity index is 1000. The third-order valence-corrected chi connectivity index (χ3v) is 4.24. The molecule has 0 atom stereocenters. The van der Waals surface area contributed by atoms with Crippen LogP contribution in [-0.4, -0.2) is 24.7 Å². The van der Waals surface area contributed by atoms with E-state index in [2.05, 4.69) is 36.2 Å². The molecular formula is C22H22N2O3. The Labute approximate surface area is 158 Å². The zero-order valence-corrected chi connectivity index (χ0v) is 15.7. The molecule has 0 unspecified atom stereocenters. The molecule has 0 saturated carbocycles. The lowest BCUT2D eigenvalue weighted by Gasteiger charge is -2.11. The Morgan fingerprint density at radius 3 is 2.44 bits per heavy atom. The van der Waals surface area contributed by atoms with Crippen molar-refractivity contribution in [3.05, 3.63) is 89.0 Å². The minimum absolute atomic E-state index is 0.364. The normalized spacial score (nSPS) is 11.3. The van der Waals surface area contributed by atoms with E-state index >= 15 is 0 Å². The zero-order chi connectivity index (χ0) is 19.2. The molecule has 0 bridgehead atoms. The van der Waals surface area contributed by atoms with Crippen LogP contribution >= 0.6 is 0 Å². The van der Waals surface area contributed by atoms with Crippen molar-refractivity contribution in [1.82, 2.24) is 4.57 Å². The molecule has 1 aromatic heterocycles. The summed E-state index contributed by atoms with van der Waals surface area (Å²) in [7, 11) is 3.05. The maximum Gasteiger partial charge on any atom is 0.282 e. The molecule has 3 rings (SSSR count). The van der Waals surface area contributed by atoms with E-state index in [0.29, 0.717) is 29.1 Å². The highest BCUT2D eigenvalue weighted by molar-refractivity contribution is 5.98. The number of aryl methyl sites for hydroxylation is 1. The first-order valence-electron chi connectivity index (χ1n) is 8.63. The number of para-hydroxylation sites is 1. The van der Waals surface area contributed by atoms with Gasteiger partial charge in [0.2, 0.25) is 0 Å². The van der Waals surface area contributed by atoms with Crippen molar-refractivity contribution in [1.29, 1.82) is 0 Å². The highest BCUT2D eigenvalue weighted by Gasteiger charge is 2.15. The van der Waals surface area contributed by atoms with Gasteiger partial charge in [-0.2, -0.15) is 4.99 Å². The second-order valence-corrected chi connectivity index (χ2v) is 6.13. The monoisotopic (exact) mass is 362 g/mol. The summed E-state index contributed by atoms with van der Waals surface area (Å²) in [6.45, 7) is 2.68. The van der Waals surface area contributed by atoms with Crippen molar-refractivity contribution in [2.75, 3.05) is 14.2 Å². The summed E-state index contributed by atoms with van der Waals surface area (Å²) in [5, 5.41) is 0.